The van der Waals surface area contributed by atoms with Gasteiger partial charge in [0.15, 0.2) is 0 Å². The SMILES string of the molecule is CC(C)CCCCCCCCCCC(Cl)NCC(C)O. The van der Waals surface area contributed by atoms with E-state index in [9.17, 15) is 0 Å². The Morgan fingerprint density at radius 3 is 1.70 bits per heavy atom. The summed E-state index contributed by atoms with van der Waals surface area (Å²) < 4.78 is 0. The number of rotatable bonds is 14. The molecule has 0 aliphatic carbocycles. The number of alkyl halides is 1. The van der Waals surface area contributed by atoms with Crippen LogP contribution in [0.5, 0.6) is 0 Å². The first-order valence-electron chi connectivity index (χ1n) is 8.58. The largest absolute Gasteiger partial charge is 0.392 e. The lowest BCUT2D eigenvalue weighted by Crippen LogP contribution is -2.30. The molecule has 122 valence electrons. The Hall–Kier alpha value is 0.210. The molecule has 2 atom stereocenters. The predicted molar refractivity (Wildman–Crippen MR) is 90.3 cm³/mol. The van der Waals surface area contributed by atoms with Crippen molar-refractivity contribution in [3.63, 3.8) is 0 Å². The monoisotopic (exact) mass is 305 g/mol. The molecule has 2 unspecified atom stereocenters. The van der Waals surface area contributed by atoms with Gasteiger partial charge in [0.05, 0.1) is 11.6 Å². The first-order valence-corrected chi connectivity index (χ1v) is 9.01. The molecule has 0 aromatic rings. The van der Waals surface area contributed by atoms with Crippen LogP contribution in [0.25, 0.3) is 0 Å². The third-order valence-electron chi connectivity index (χ3n) is 3.62. The molecule has 0 aliphatic rings. The first-order chi connectivity index (χ1) is 9.52. The molecule has 0 aliphatic heterocycles. The van der Waals surface area contributed by atoms with Crippen molar-refractivity contribution >= 4 is 11.6 Å². The van der Waals surface area contributed by atoms with E-state index < -0.39 is 0 Å². The van der Waals surface area contributed by atoms with E-state index in [0.717, 1.165) is 12.3 Å². The Bertz CT molecular complexity index is 197. The molecule has 0 spiro atoms. The van der Waals surface area contributed by atoms with E-state index in [4.69, 9.17) is 16.7 Å². The van der Waals surface area contributed by atoms with Crippen molar-refractivity contribution in [2.45, 2.75) is 96.6 Å². The molecule has 0 saturated carbocycles. The Morgan fingerprint density at radius 1 is 0.800 bits per heavy atom. The fraction of sp³-hybridized carbons (Fsp3) is 1.00. The summed E-state index contributed by atoms with van der Waals surface area (Å²) in [5.74, 6) is 0.862. The van der Waals surface area contributed by atoms with Crippen LogP contribution in [0.4, 0.5) is 0 Å². The van der Waals surface area contributed by atoms with Gasteiger partial charge in [-0.1, -0.05) is 71.6 Å². The molecular formula is C17H36ClNO. The lowest BCUT2D eigenvalue weighted by molar-refractivity contribution is 0.189. The van der Waals surface area contributed by atoms with Crippen molar-refractivity contribution in [1.29, 1.82) is 0 Å². The Balaban J connectivity index is 3.12. The first kappa shape index (κ1) is 20.2. The van der Waals surface area contributed by atoms with Crippen LogP contribution in [0, 0.1) is 5.92 Å². The normalized spacial score (nSPS) is 14.7. The third-order valence-corrected chi connectivity index (χ3v) is 4.00. The molecule has 0 saturated heterocycles. The quantitative estimate of drug-likeness (QED) is 0.266. The summed E-state index contributed by atoms with van der Waals surface area (Å²) in [6.07, 6.45) is 12.9. The zero-order chi connectivity index (χ0) is 15.2. The minimum atomic E-state index is -0.313. The van der Waals surface area contributed by atoms with E-state index in [0.29, 0.717) is 6.54 Å². The van der Waals surface area contributed by atoms with Crippen LogP contribution in [0.15, 0.2) is 0 Å². The summed E-state index contributed by atoms with van der Waals surface area (Å²) in [4.78, 5) is 0. The maximum Gasteiger partial charge on any atom is 0.0826 e. The molecule has 0 bridgehead atoms. The van der Waals surface area contributed by atoms with Crippen molar-refractivity contribution in [2.75, 3.05) is 6.54 Å². The van der Waals surface area contributed by atoms with Gasteiger partial charge in [-0.3, -0.25) is 5.32 Å². The van der Waals surface area contributed by atoms with Crippen LogP contribution < -0.4 is 5.32 Å². The van der Waals surface area contributed by atoms with Crippen molar-refractivity contribution in [3.05, 3.63) is 0 Å². The highest BCUT2D eigenvalue weighted by Gasteiger charge is 2.04. The topological polar surface area (TPSA) is 32.3 Å². The van der Waals surface area contributed by atoms with Crippen LogP contribution in [0.1, 0.15) is 85.0 Å². The third kappa shape index (κ3) is 16.3. The van der Waals surface area contributed by atoms with E-state index >= 15 is 0 Å². The van der Waals surface area contributed by atoms with Crippen LogP contribution in [-0.2, 0) is 0 Å². The highest BCUT2D eigenvalue weighted by molar-refractivity contribution is 6.20. The summed E-state index contributed by atoms with van der Waals surface area (Å²) in [7, 11) is 0. The number of nitrogens with one attached hydrogen (secondary N) is 1. The molecule has 0 amide bonds. The number of unbranched alkanes of at least 4 members (excludes halogenated alkanes) is 7. The molecule has 0 fully saturated rings. The smallest absolute Gasteiger partial charge is 0.0826 e. The van der Waals surface area contributed by atoms with Gasteiger partial charge in [0, 0.05) is 6.54 Å². The van der Waals surface area contributed by atoms with Crippen molar-refractivity contribution in [2.24, 2.45) is 5.92 Å². The van der Waals surface area contributed by atoms with Gasteiger partial charge in [-0.2, -0.15) is 0 Å². The highest BCUT2D eigenvalue weighted by Crippen LogP contribution is 2.14. The number of hydrogen-bond acceptors (Lipinski definition) is 2. The van der Waals surface area contributed by atoms with Crippen molar-refractivity contribution in [3.8, 4) is 0 Å². The average Bonchev–Trinajstić information content (AvgIpc) is 2.38. The second-order valence-electron chi connectivity index (χ2n) is 6.52. The van der Waals surface area contributed by atoms with Gasteiger partial charge in [0.2, 0.25) is 0 Å². The lowest BCUT2D eigenvalue weighted by Gasteiger charge is -2.12. The van der Waals surface area contributed by atoms with E-state index in [-0.39, 0.29) is 11.6 Å². The highest BCUT2D eigenvalue weighted by atomic mass is 35.5. The molecule has 2 N–H and O–H groups in total. The van der Waals surface area contributed by atoms with Crippen LogP contribution in [-0.4, -0.2) is 23.3 Å². The van der Waals surface area contributed by atoms with Gasteiger partial charge in [-0.25, -0.2) is 0 Å². The Morgan fingerprint density at radius 2 is 1.25 bits per heavy atom. The number of aliphatic hydroxyl groups is 1. The van der Waals surface area contributed by atoms with E-state index in [1.54, 1.807) is 6.92 Å². The summed E-state index contributed by atoms with van der Waals surface area (Å²) in [6, 6.07) is 0. The number of halogens is 1. The summed E-state index contributed by atoms with van der Waals surface area (Å²) >= 11 is 6.13. The predicted octanol–water partition coefficient (Wildman–Crippen LogP) is 5.08. The van der Waals surface area contributed by atoms with Gasteiger partial charge in [0.1, 0.15) is 0 Å². The van der Waals surface area contributed by atoms with Gasteiger partial charge in [-0.15, -0.1) is 11.6 Å². The van der Waals surface area contributed by atoms with E-state index in [1.165, 1.54) is 57.8 Å². The fourth-order valence-corrected chi connectivity index (χ4v) is 2.58. The zero-order valence-electron chi connectivity index (χ0n) is 13.8. The molecule has 0 heterocycles. The van der Waals surface area contributed by atoms with Crippen molar-refractivity contribution in [1.82, 2.24) is 5.32 Å². The number of aliphatic hydroxyl groups excluding tert-OH is 1. The Kier molecular flexibility index (Phi) is 14.3. The van der Waals surface area contributed by atoms with E-state index in [2.05, 4.69) is 19.2 Å². The molecule has 20 heavy (non-hydrogen) atoms. The minimum Gasteiger partial charge on any atom is -0.392 e. The number of hydrogen-bond donors (Lipinski definition) is 2. The maximum absolute atomic E-state index is 9.14. The van der Waals surface area contributed by atoms with Gasteiger partial charge in [0.25, 0.3) is 0 Å². The summed E-state index contributed by atoms with van der Waals surface area (Å²) in [6.45, 7) is 6.97. The minimum absolute atomic E-state index is 0.0145. The molecule has 0 rings (SSSR count). The Labute approximate surface area is 131 Å². The average molecular weight is 306 g/mol. The molecule has 3 heteroatoms. The van der Waals surface area contributed by atoms with Gasteiger partial charge >= 0.3 is 0 Å². The second kappa shape index (κ2) is 14.2. The lowest BCUT2D eigenvalue weighted by atomic mass is 10.0. The van der Waals surface area contributed by atoms with E-state index in [1.807, 2.05) is 0 Å². The molecular weight excluding hydrogens is 270 g/mol. The summed E-state index contributed by atoms with van der Waals surface area (Å²) in [5, 5.41) is 12.3. The fourth-order valence-electron chi connectivity index (χ4n) is 2.34. The standard InChI is InChI=1S/C17H36ClNO/c1-15(2)12-10-8-6-4-5-7-9-11-13-17(18)19-14-16(3)20/h15-17,19-20H,4-14H2,1-3H3. The van der Waals surface area contributed by atoms with Crippen molar-refractivity contribution < 1.29 is 5.11 Å². The van der Waals surface area contributed by atoms with Crippen LogP contribution >= 0.6 is 11.6 Å². The molecule has 0 radical (unpaired) electrons. The summed E-state index contributed by atoms with van der Waals surface area (Å²) in [5.41, 5.74) is 0.0145. The van der Waals surface area contributed by atoms with Crippen LogP contribution in [0.3, 0.4) is 0 Å². The molecule has 2 nitrogen and oxygen atoms in total. The van der Waals surface area contributed by atoms with Crippen LogP contribution in [0.2, 0.25) is 0 Å². The zero-order valence-corrected chi connectivity index (χ0v) is 14.6. The van der Waals surface area contributed by atoms with Gasteiger partial charge in [-0.05, 0) is 19.3 Å². The maximum atomic E-state index is 9.14. The van der Waals surface area contributed by atoms with Gasteiger partial charge < -0.3 is 5.11 Å². The second-order valence-corrected chi connectivity index (χ2v) is 7.05. The molecule has 0 aromatic heterocycles. The molecule has 0 aromatic carbocycles.